The fourth-order valence-electron chi connectivity index (χ4n) is 1.13. The summed E-state index contributed by atoms with van der Waals surface area (Å²) in [7, 11) is 0. The van der Waals surface area contributed by atoms with E-state index in [1.54, 1.807) is 6.92 Å². The van der Waals surface area contributed by atoms with Crippen LogP contribution in [0.25, 0.3) is 0 Å². The summed E-state index contributed by atoms with van der Waals surface area (Å²) in [6.07, 6.45) is 0.229. The highest BCUT2D eigenvalue weighted by Gasteiger charge is 2.15. The predicted octanol–water partition coefficient (Wildman–Crippen LogP) is 1.91. The minimum Gasteiger partial charge on any atom is -0.479 e. The van der Waals surface area contributed by atoms with Crippen LogP contribution < -0.4 is 0 Å². The number of carboxylic acid groups (broad SMARTS) is 1. The molecule has 0 fully saturated rings. The van der Waals surface area contributed by atoms with Crippen molar-refractivity contribution in [3.05, 3.63) is 0 Å². The quantitative estimate of drug-likeness (QED) is 0.692. The van der Waals surface area contributed by atoms with Crippen molar-refractivity contribution in [1.82, 2.24) is 0 Å². The van der Waals surface area contributed by atoms with Gasteiger partial charge in [-0.2, -0.15) is 0 Å². The third-order valence-electron chi connectivity index (χ3n) is 1.59. The van der Waals surface area contributed by atoms with Crippen LogP contribution in [-0.4, -0.2) is 23.3 Å². The summed E-state index contributed by atoms with van der Waals surface area (Å²) in [4.78, 5) is 10.4. The maximum Gasteiger partial charge on any atom is 0.332 e. The number of hydrogen-bond acceptors (Lipinski definition) is 2. The van der Waals surface area contributed by atoms with Gasteiger partial charge in [0.25, 0.3) is 0 Å². The molecule has 0 aliphatic carbocycles. The Labute approximate surface area is 73.7 Å². The number of rotatable bonds is 5. The molecule has 0 heterocycles. The Kier molecular flexibility index (Phi) is 4.90. The van der Waals surface area contributed by atoms with Crippen LogP contribution in [0.15, 0.2) is 0 Å². The molecule has 0 saturated carbocycles. The third kappa shape index (κ3) is 5.13. The Bertz CT molecular complexity index is 143. The smallest absolute Gasteiger partial charge is 0.332 e. The van der Waals surface area contributed by atoms with Crippen molar-refractivity contribution in [1.29, 1.82) is 0 Å². The summed E-state index contributed by atoms with van der Waals surface area (Å²) in [5, 5.41) is 8.54. The second-order valence-corrected chi connectivity index (χ2v) is 3.56. The van der Waals surface area contributed by atoms with Crippen molar-refractivity contribution in [2.45, 2.75) is 46.3 Å². The largest absolute Gasteiger partial charge is 0.479 e. The van der Waals surface area contributed by atoms with Crippen LogP contribution in [0.1, 0.15) is 34.1 Å². The lowest BCUT2D eigenvalue weighted by molar-refractivity contribution is -0.152. The van der Waals surface area contributed by atoms with Crippen molar-refractivity contribution in [3.63, 3.8) is 0 Å². The fourth-order valence-corrected chi connectivity index (χ4v) is 1.13. The van der Waals surface area contributed by atoms with Crippen LogP contribution in [0.3, 0.4) is 0 Å². The van der Waals surface area contributed by atoms with Crippen molar-refractivity contribution in [3.8, 4) is 0 Å². The summed E-state index contributed by atoms with van der Waals surface area (Å²) >= 11 is 0. The van der Waals surface area contributed by atoms with Gasteiger partial charge in [0.1, 0.15) is 0 Å². The van der Waals surface area contributed by atoms with Crippen LogP contribution in [0, 0.1) is 5.92 Å². The van der Waals surface area contributed by atoms with E-state index < -0.39 is 12.1 Å². The lowest BCUT2D eigenvalue weighted by Crippen LogP contribution is -2.25. The molecule has 0 amide bonds. The lowest BCUT2D eigenvalue weighted by atomic mass is 10.1. The van der Waals surface area contributed by atoms with E-state index in [1.165, 1.54) is 0 Å². The molecule has 0 bridgehead atoms. The Balaban J connectivity index is 3.68. The third-order valence-corrected chi connectivity index (χ3v) is 1.59. The molecule has 1 N–H and O–H groups in total. The van der Waals surface area contributed by atoms with Gasteiger partial charge in [0.05, 0.1) is 6.10 Å². The number of ether oxygens (including phenoxy) is 1. The highest BCUT2D eigenvalue weighted by atomic mass is 16.5. The van der Waals surface area contributed by atoms with E-state index in [1.807, 2.05) is 6.92 Å². The van der Waals surface area contributed by atoms with Crippen LogP contribution in [0.4, 0.5) is 0 Å². The number of aliphatic carboxylic acids is 1. The molecule has 2 atom stereocenters. The summed E-state index contributed by atoms with van der Waals surface area (Å²) in [6, 6.07) is 0. The topological polar surface area (TPSA) is 46.5 Å². The van der Waals surface area contributed by atoms with Gasteiger partial charge in [0.2, 0.25) is 0 Å². The first-order valence-electron chi connectivity index (χ1n) is 4.31. The van der Waals surface area contributed by atoms with E-state index in [0.29, 0.717) is 5.92 Å². The Morgan fingerprint density at radius 1 is 1.33 bits per heavy atom. The molecule has 1 unspecified atom stereocenters. The van der Waals surface area contributed by atoms with Gasteiger partial charge in [-0.25, -0.2) is 4.79 Å². The van der Waals surface area contributed by atoms with Crippen LogP contribution >= 0.6 is 0 Å². The highest BCUT2D eigenvalue weighted by molar-refractivity contribution is 5.71. The van der Waals surface area contributed by atoms with E-state index >= 15 is 0 Å². The van der Waals surface area contributed by atoms with E-state index in [0.717, 1.165) is 6.42 Å². The first kappa shape index (κ1) is 11.4. The van der Waals surface area contributed by atoms with Crippen LogP contribution in [0.5, 0.6) is 0 Å². The monoisotopic (exact) mass is 174 g/mol. The van der Waals surface area contributed by atoms with E-state index in [9.17, 15) is 4.79 Å². The predicted molar refractivity (Wildman–Crippen MR) is 47.1 cm³/mol. The molecule has 0 aliphatic heterocycles. The fraction of sp³-hybridized carbons (Fsp3) is 0.889. The number of carboxylic acids is 1. The second kappa shape index (κ2) is 5.14. The van der Waals surface area contributed by atoms with Gasteiger partial charge in [-0.15, -0.1) is 0 Å². The van der Waals surface area contributed by atoms with Gasteiger partial charge in [-0.3, -0.25) is 0 Å². The molecule has 3 heteroatoms. The molecule has 0 aromatic carbocycles. The molecule has 0 aliphatic rings. The summed E-state index contributed by atoms with van der Waals surface area (Å²) in [5.74, 6) is -0.355. The molecule has 0 spiro atoms. The van der Waals surface area contributed by atoms with Gasteiger partial charge < -0.3 is 9.84 Å². The second-order valence-electron chi connectivity index (χ2n) is 3.56. The first-order valence-corrected chi connectivity index (χ1v) is 4.31. The standard InChI is InChI=1S/C9H18O3/c1-6(2)5-7(3)12-8(4)9(10)11/h6-8H,5H2,1-4H3,(H,10,11)/t7?,8-/m0/s1. The summed E-state index contributed by atoms with van der Waals surface area (Å²) in [6.45, 7) is 7.63. The highest BCUT2D eigenvalue weighted by Crippen LogP contribution is 2.09. The SMILES string of the molecule is CC(C)CC(C)O[C@@H](C)C(=O)O. The molecular weight excluding hydrogens is 156 g/mol. The van der Waals surface area contributed by atoms with Crippen molar-refractivity contribution in [2.75, 3.05) is 0 Å². The molecule has 0 rings (SSSR count). The Morgan fingerprint density at radius 3 is 2.17 bits per heavy atom. The molecule has 0 aromatic rings. The van der Waals surface area contributed by atoms with Crippen LogP contribution in [0.2, 0.25) is 0 Å². The van der Waals surface area contributed by atoms with Crippen molar-refractivity contribution < 1.29 is 14.6 Å². The maximum atomic E-state index is 10.4. The molecule has 0 aromatic heterocycles. The average Bonchev–Trinajstić information content (AvgIpc) is 1.84. The summed E-state index contributed by atoms with van der Waals surface area (Å²) in [5.41, 5.74) is 0. The zero-order valence-electron chi connectivity index (χ0n) is 8.20. The Hall–Kier alpha value is -0.570. The first-order chi connectivity index (χ1) is 5.43. The van der Waals surface area contributed by atoms with Gasteiger partial charge in [0.15, 0.2) is 6.10 Å². The minimum absolute atomic E-state index is 0.0242. The molecule has 3 nitrogen and oxygen atoms in total. The van der Waals surface area contributed by atoms with E-state index in [2.05, 4.69) is 13.8 Å². The molecule has 0 saturated heterocycles. The Morgan fingerprint density at radius 2 is 1.83 bits per heavy atom. The van der Waals surface area contributed by atoms with E-state index in [-0.39, 0.29) is 6.10 Å². The number of carbonyl (C=O) groups is 1. The molecule has 72 valence electrons. The average molecular weight is 174 g/mol. The molecule has 12 heavy (non-hydrogen) atoms. The molecule has 0 radical (unpaired) electrons. The van der Waals surface area contributed by atoms with Gasteiger partial charge in [-0.1, -0.05) is 13.8 Å². The van der Waals surface area contributed by atoms with Crippen molar-refractivity contribution in [2.24, 2.45) is 5.92 Å². The zero-order chi connectivity index (χ0) is 9.72. The molecular formula is C9H18O3. The van der Waals surface area contributed by atoms with Gasteiger partial charge >= 0.3 is 5.97 Å². The lowest BCUT2D eigenvalue weighted by Gasteiger charge is -2.17. The summed E-state index contributed by atoms with van der Waals surface area (Å²) < 4.78 is 5.22. The number of hydrogen-bond donors (Lipinski definition) is 1. The normalized spacial score (nSPS) is 16.1. The minimum atomic E-state index is -0.898. The zero-order valence-corrected chi connectivity index (χ0v) is 8.20. The van der Waals surface area contributed by atoms with E-state index in [4.69, 9.17) is 9.84 Å². The van der Waals surface area contributed by atoms with Crippen LogP contribution in [-0.2, 0) is 9.53 Å². The van der Waals surface area contributed by atoms with Crippen molar-refractivity contribution >= 4 is 5.97 Å². The van der Waals surface area contributed by atoms with Gasteiger partial charge in [-0.05, 0) is 26.2 Å². The maximum absolute atomic E-state index is 10.4. The van der Waals surface area contributed by atoms with Gasteiger partial charge in [0, 0.05) is 0 Å².